The molecular weight excluding hydrogens is 240 g/mol. The van der Waals surface area contributed by atoms with Crippen LogP contribution in [0.5, 0.6) is 0 Å². The summed E-state index contributed by atoms with van der Waals surface area (Å²) in [7, 11) is 2.19. The van der Waals surface area contributed by atoms with E-state index < -0.39 is 0 Å². The van der Waals surface area contributed by atoms with Crippen molar-refractivity contribution >= 4 is 5.91 Å². The number of carbonyl (C=O) groups is 1. The molecule has 1 fully saturated rings. The summed E-state index contributed by atoms with van der Waals surface area (Å²) in [6.45, 7) is 10.5. The Kier molecular flexibility index (Phi) is 6.75. The first-order valence-corrected chi connectivity index (χ1v) is 7.42. The highest BCUT2D eigenvalue weighted by Crippen LogP contribution is 2.11. The summed E-state index contributed by atoms with van der Waals surface area (Å²) in [4.78, 5) is 16.3. The average Bonchev–Trinajstić information content (AvgIpc) is 2.35. The Morgan fingerprint density at radius 3 is 2.63 bits per heavy atom. The van der Waals surface area contributed by atoms with Crippen LogP contribution in [0.15, 0.2) is 0 Å². The first-order valence-electron chi connectivity index (χ1n) is 7.42. The fourth-order valence-electron chi connectivity index (χ4n) is 2.68. The van der Waals surface area contributed by atoms with Gasteiger partial charge in [0.25, 0.3) is 0 Å². The molecule has 1 aliphatic rings. The molecule has 3 N–H and O–H groups in total. The second-order valence-electron chi connectivity index (χ2n) is 5.91. The van der Waals surface area contributed by atoms with Gasteiger partial charge in [-0.3, -0.25) is 4.79 Å². The van der Waals surface area contributed by atoms with Crippen LogP contribution in [0.1, 0.15) is 33.6 Å². The molecule has 0 aliphatic carbocycles. The Balaban J connectivity index is 2.39. The Labute approximate surface area is 117 Å². The molecule has 1 rings (SSSR count). The maximum atomic E-state index is 11.4. The second-order valence-corrected chi connectivity index (χ2v) is 5.91. The van der Waals surface area contributed by atoms with Crippen LogP contribution in [0.3, 0.4) is 0 Å². The zero-order valence-electron chi connectivity index (χ0n) is 12.9. The van der Waals surface area contributed by atoms with Crippen LogP contribution in [-0.4, -0.2) is 67.1 Å². The van der Waals surface area contributed by atoms with Crippen LogP contribution in [0, 0.1) is 0 Å². The van der Waals surface area contributed by atoms with Gasteiger partial charge in [0.05, 0.1) is 6.04 Å². The fraction of sp³-hybridized carbons (Fsp3) is 0.929. The van der Waals surface area contributed by atoms with Crippen LogP contribution < -0.4 is 11.1 Å². The number of carbonyl (C=O) groups excluding carboxylic acids is 1. The molecule has 0 aromatic heterocycles. The van der Waals surface area contributed by atoms with Crippen LogP contribution in [0.25, 0.3) is 0 Å². The van der Waals surface area contributed by atoms with Gasteiger partial charge >= 0.3 is 0 Å². The van der Waals surface area contributed by atoms with Crippen molar-refractivity contribution in [1.29, 1.82) is 0 Å². The highest BCUT2D eigenvalue weighted by atomic mass is 16.1. The molecule has 2 unspecified atom stereocenters. The van der Waals surface area contributed by atoms with E-state index in [4.69, 9.17) is 5.73 Å². The topological polar surface area (TPSA) is 61.6 Å². The molecule has 5 nitrogen and oxygen atoms in total. The number of nitrogens with one attached hydrogen (secondary N) is 1. The van der Waals surface area contributed by atoms with E-state index in [2.05, 4.69) is 29.1 Å². The normalized spacial score (nSPS) is 23.7. The van der Waals surface area contributed by atoms with Gasteiger partial charge in [0.1, 0.15) is 0 Å². The molecule has 112 valence electrons. The summed E-state index contributed by atoms with van der Waals surface area (Å²) in [6.07, 6.45) is 1.98. The molecule has 0 bridgehead atoms. The van der Waals surface area contributed by atoms with E-state index in [0.717, 1.165) is 32.6 Å². The number of nitrogens with two attached hydrogens (primary N) is 1. The number of hydrogen-bond donors (Lipinski definition) is 2. The SMILES string of the molecule is CCC1CN(CCC(NC(C)C)C(N)=O)CCN1C. The van der Waals surface area contributed by atoms with Gasteiger partial charge in [0.2, 0.25) is 5.91 Å². The molecule has 1 aliphatic heterocycles. The van der Waals surface area contributed by atoms with Gasteiger partial charge in [0.15, 0.2) is 0 Å². The lowest BCUT2D eigenvalue weighted by Crippen LogP contribution is -2.53. The summed E-state index contributed by atoms with van der Waals surface area (Å²) < 4.78 is 0. The lowest BCUT2D eigenvalue weighted by atomic mass is 10.1. The number of likely N-dealkylation sites (N-methyl/N-ethyl adjacent to an activating group) is 1. The Morgan fingerprint density at radius 1 is 1.42 bits per heavy atom. The fourth-order valence-corrected chi connectivity index (χ4v) is 2.68. The van der Waals surface area contributed by atoms with Crippen molar-refractivity contribution in [2.45, 2.75) is 51.7 Å². The molecule has 19 heavy (non-hydrogen) atoms. The van der Waals surface area contributed by atoms with E-state index in [9.17, 15) is 4.79 Å². The van der Waals surface area contributed by atoms with Crippen molar-refractivity contribution in [1.82, 2.24) is 15.1 Å². The largest absolute Gasteiger partial charge is 0.368 e. The minimum Gasteiger partial charge on any atom is -0.368 e. The smallest absolute Gasteiger partial charge is 0.234 e. The maximum Gasteiger partial charge on any atom is 0.234 e. The Hall–Kier alpha value is -0.650. The van der Waals surface area contributed by atoms with E-state index in [1.165, 1.54) is 6.42 Å². The molecule has 0 spiro atoms. The number of piperazine rings is 1. The van der Waals surface area contributed by atoms with Gasteiger partial charge in [-0.25, -0.2) is 0 Å². The summed E-state index contributed by atoms with van der Waals surface area (Å²) in [5, 5.41) is 3.24. The molecule has 2 atom stereocenters. The van der Waals surface area contributed by atoms with Gasteiger partial charge < -0.3 is 20.9 Å². The van der Waals surface area contributed by atoms with Crippen molar-refractivity contribution in [3.63, 3.8) is 0 Å². The van der Waals surface area contributed by atoms with E-state index in [1.807, 2.05) is 13.8 Å². The lowest BCUT2D eigenvalue weighted by molar-refractivity contribution is -0.120. The monoisotopic (exact) mass is 270 g/mol. The first-order chi connectivity index (χ1) is 8.93. The summed E-state index contributed by atoms with van der Waals surface area (Å²) >= 11 is 0. The van der Waals surface area contributed by atoms with Crippen molar-refractivity contribution < 1.29 is 4.79 Å². The van der Waals surface area contributed by atoms with Crippen molar-refractivity contribution in [3.8, 4) is 0 Å². The standard InChI is InChI=1S/C14H30N4O/c1-5-12-10-18(9-8-17(12)4)7-6-13(14(15)19)16-11(2)3/h11-13,16H,5-10H2,1-4H3,(H2,15,19). The second kappa shape index (κ2) is 7.82. The average molecular weight is 270 g/mol. The van der Waals surface area contributed by atoms with Crippen molar-refractivity contribution in [2.75, 3.05) is 33.2 Å². The highest BCUT2D eigenvalue weighted by Gasteiger charge is 2.24. The van der Waals surface area contributed by atoms with Crippen LogP contribution >= 0.6 is 0 Å². The minimum absolute atomic E-state index is 0.209. The molecule has 0 aromatic rings. The Morgan fingerprint density at radius 2 is 2.11 bits per heavy atom. The zero-order valence-corrected chi connectivity index (χ0v) is 12.9. The van der Waals surface area contributed by atoms with Gasteiger partial charge in [-0.1, -0.05) is 20.8 Å². The lowest BCUT2D eigenvalue weighted by Gasteiger charge is -2.39. The zero-order chi connectivity index (χ0) is 14.4. The van der Waals surface area contributed by atoms with Gasteiger partial charge in [0, 0.05) is 38.3 Å². The third kappa shape index (κ3) is 5.47. The van der Waals surface area contributed by atoms with Gasteiger partial charge in [-0.2, -0.15) is 0 Å². The van der Waals surface area contributed by atoms with Gasteiger partial charge in [-0.05, 0) is 19.9 Å². The van der Waals surface area contributed by atoms with E-state index in [-0.39, 0.29) is 18.0 Å². The van der Waals surface area contributed by atoms with Crippen molar-refractivity contribution in [3.05, 3.63) is 0 Å². The van der Waals surface area contributed by atoms with E-state index in [1.54, 1.807) is 0 Å². The highest BCUT2D eigenvalue weighted by molar-refractivity contribution is 5.79. The molecule has 1 heterocycles. The summed E-state index contributed by atoms with van der Waals surface area (Å²) in [5.74, 6) is -0.241. The number of rotatable bonds is 7. The third-order valence-corrected chi connectivity index (χ3v) is 3.94. The molecule has 0 saturated carbocycles. The maximum absolute atomic E-state index is 11.4. The number of nitrogens with zero attached hydrogens (tertiary/aromatic N) is 2. The number of primary amides is 1. The summed E-state index contributed by atoms with van der Waals surface area (Å²) in [5.41, 5.74) is 5.45. The molecule has 0 aromatic carbocycles. The number of amides is 1. The molecular formula is C14H30N4O. The molecule has 1 amide bonds. The Bertz CT molecular complexity index is 283. The molecule has 0 radical (unpaired) electrons. The predicted octanol–water partition coefficient (Wildman–Crippen LogP) is 0.254. The molecule has 1 saturated heterocycles. The predicted molar refractivity (Wildman–Crippen MR) is 79.0 cm³/mol. The van der Waals surface area contributed by atoms with Gasteiger partial charge in [-0.15, -0.1) is 0 Å². The number of hydrogen-bond acceptors (Lipinski definition) is 4. The van der Waals surface area contributed by atoms with E-state index >= 15 is 0 Å². The van der Waals surface area contributed by atoms with Crippen LogP contribution in [-0.2, 0) is 4.79 Å². The van der Waals surface area contributed by atoms with E-state index in [0.29, 0.717) is 6.04 Å². The minimum atomic E-state index is -0.241. The third-order valence-electron chi connectivity index (χ3n) is 3.94. The van der Waals surface area contributed by atoms with Crippen LogP contribution in [0.2, 0.25) is 0 Å². The van der Waals surface area contributed by atoms with Crippen LogP contribution in [0.4, 0.5) is 0 Å². The molecule has 5 heteroatoms. The summed E-state index contributed by atoms with van der Waals surface area (Å²) in [6, 6.07) is 0.715. The quantitative estimate of drug-likeness (QED) is 0.696. The first kappa shape index (κ1) is 16.4. The van der Waals surface area contributed by atoms with Crippen molar-refractivity contribution in [2.24, 2.45) is 5.73 Å².